The summed E-state index contributed by atoms with van der Waals surface area (Å²) in [4.78, 5) is 14.3. The van der Waals surface area contributed by atoms with E-state index in [2.05, 4.69) is 17.1 Å². The van der Waals surface area contributed by atoms with Gasteiger partial charge in [0.1, 0.15) is 0 Å². The minimum atomic E-state index is -0.0232. The fourth-order valence-corrected chi connectivity index (χ4v) is 2.58. The van der Waals surface area contributed by atoms with Crippen LogP contribution in [0.3, 0.4) is 0 Å². The summed E-state index contributed by atoms with van der Waals surface area (Å²) in [5.74, 6) is -0.0232. The summed E-state index contributed by atoms with van der Waals surface area (Å²) in [5.41, 5.74) is 6.91. The molecular weight excluding hydrogens is 290 g/mol. The van der Waals surface area contributed by atoms with Crippen LogP contribution in [-0.4, -0.2) is 43.2 Å². The minimum absolute atomic E-state index is 0.0232. The molecular formula is C15H22ClN3O2. The van der Waals surface area contributed by atoms with Crippen LogP contribution in [0.1, 0.15) is 19.8 Å². The maximum Gasteiger partial charge on any atom is 0.224 e. The maximum atomic E-state index is 11.9. The highest BCUT2D eigenvalue weighted by molar-refractivity contribution is 6.31. The van der Waals surface area contributed by atoms with Gasteiger partial charge in [0.05, 0.1) is 24.6 Å². The summed E-state index contributed by atoms with van der Waals surface area (Å²) < 4.78 is 5.40. The molecule has 0 aliphatic carbocycles. The molecule has 1 aliphatic heterocycles. The Balaban J connectivity index is 1.74. The van der Waals surface area contributed by atoms with E-state index in [0.717, 1.165) is 32.7 Å². The van der Waals surface area contributed by atoms with Crippen LogP contribution in [0.4, 0.5) is 11.4 Å². The van der Waals surface area contributed by atoms with Gasteiger partial charge in [0.15, 0.2) is 0 Å². The van der Waals surface area contributed by atoms with Gasteiger partial charge in [-0.1, -0.05) is 11.6 Å². The molecule has 3 N–H and O–H groups in total. The summed E-state index contributed by atoms with van der Waals surface area (Å²) >= 11 is 5.83. The predicted octanol–water partition coefficient (Wildman–Crippen LogP) is 2.36. The molecule has 116 valence electrons. The van der Waals surface area contributed by atoms with Gasteiger partial charge in [-0.15, -0.1) is 0 Å². The van der Waals surface area contributed by atoms with Crippen molar-refractivity contribution in [3.8, 4) is 0 Å². The van der Waals surface area contributed by atoms with Gasteiger partial charge in [0.2, 0.25) is 5.91 Å². The Kier molecular flexibility index (Phi) is 5.85. The molecule has 1 heterocycles. The highest BCUT2D eigenvalue weighted by Gasteiger charge is 2.18. The summed E-state index contributed by atoms with van der Waals surface area (Å²) in [6, 6.07) is 5.49. The summed E-state index contributed by atoms with van der Waals surface area (Å²) in [5, 5.41) is 3.38. The van der Waals surface area contributed by atoms with E-state index in [-0.39, 0.29) is 5.91 Å². The monoisotopic (exact) mass is 311 g/mol. The number of carbonyl (C=O) groups excluding carboxylic acids is 1. The van der Waals surface area contributed by atoms with Crippen LogP contribution >= 0.6 is 11.6 Å². The van der Waals surface area contributed by atoms with Crippen molar-refractivity contribution < 1.29 is 9.53 Å². The van der Waals surface area contributed by atoms with Crippen LogP contribution in [-0.2, 0) is 9.53 Å². The topological polar surface area (TPSA) is 67.6 Å². The fourth-order valence-electron chi connectivity index (χ4n) is 2.40. The number of rotatable bonds is 5. The zero-order chi connectivity index (χ0) is 15.2. The van der Waals surface area contributed by atoms with Crippen molar-refractivity contribution in [2.45, 2.75) is 25.8 Å². The van der Waals surface area contributed by atoms with Gasteiger partial charge < -0.3 is 15.8 Å². The van der Waals surface area contributed by atoms with E-state index >= 15 is 0 Å². The summed E-state index contributed by atoms with van der Waals surface area (Å²) in [7, 11) is 0. The van der Waals surface area contributed by atoms with Gasteiger partial charge in [-0.2, -0.15) is 0 Å². The predicted molar refractivity (Wildman–Crippen MR) is 85.6 cm³/mol. The Bertz CT molecular complexity index is 496. The van der Waals surface area contributed by atoms with Gasteiger partial charge in [0, 0.05) is 24.0 Å². The molecule has 0 spiro atoms. The molecule has 1 aromatic rings. The second-order valence-corrected chi connectivity index (χ2v) is 5.78. The Labute approximate surface area is 130 Å². The number of nitrogens with one attached hydrogen (secondary N) is 1. The van der Waals surface area contributed by atoms with Gasteiger partial charge in [-0.05, 0) is 38.1 Å². The molecule has 1 unspecified atom stereocenters. The zero-order valence-corrected chi connectivity index (χ0v) is 13.0. The van der Waals surface area contributed by atoms with Gasteiger partial charge in [-0.25, -0.2) is 0 Å². The maximum absolute atomic E-state index is 11.9. The Morgan fingerprint density at radius 3 is 3.10 bits per heavy atom. The number of ether oxygens (including phenoxy) is 1. The first-order chi connectivity index (χ1) is 10.1. The van der Waals surface area contributed by atoms with E-state index in [4.69, 9.17) is 22.1 Å². The highest BCUT2D eigenvalue weighted by atomic mass is 35.5. The number of anilines is 2. The molecule has 0 radical (unpaired) electrons. The fraction of sp³-hybridized carbons (Fsp3) is 0.533. The van der Waals surface area contributed by atoms with Gasteiger partial charge in [-0.3, -0.25) is 9.69 Å². The lowest BCUT2D eigenvalue weighted by Gasteiger charge is -2.33. The van der Waals surface area contributed by atoms with E-state index < -0.39 is 0 Å². The van der Waals surface area contributed by atoms with E-state index in [1.807, 2.05) is 0 Å². The number of halogens is 1. The van der Waals surface area contributed by atoms with Crippen LogP contribution < -0.4 is 11.1 Å². The first kappa shape index (κ1) is 16.1. The quantitative estimate of drug-likeness (QED) is 0.819. The first-order valence-electron chi connectivity index (χ1n) is 7.23. The standard InChI is InChI=1S/C15H22ClN3O2/c1-11-10-21-8-7-19(11)6-2-3-15(20)18-14-5-4-12(16)9-13(14)17/h4-5,9,11H,2-3,6-8,10,17H2,1H3,(H,18,20). The SMILES string of the molecule is CC1COCCN1CCCC(=O)Nc1ccc(Cl)cc1N. The van der Waals surface area contributed by atoms with Gasteiger partial charge >= 0.3 is 0 Å². The average molecular weight is 312 g/mol. The summed E-state index contributed by atoms with van der Waals surface area (Å²) in [6.45, 7) is 5.54. The lowest BCUT2D eigenvalue weighted by Crippen LogP contribution is -2.44. The normalized spacial score (nSPS) is 19.4. The minimum Gasteiger partial charge on any atom is -0.397 e. The summed E-state index contributed by atoms with van der Waals surface area (Å²) in [6.07, 6.45) is 1.30. The average Bonchev–Trinajstić information content (AvgIpc) is 2.44. The second kappa shape index (κ2) is 7.64. The Morgan fingerprint density at radius 2 is 2.38 bits per heavy atom. The van der Waals surface area contributed by atoms with Crippen LogP contribution in [0.25, 0.3) is 0 Å². The molecule has 1 saturated heterocycles. The van der Waals surface area contributed by atoms with E-state index in [0.29, 0.717) is 28.9 Å². The van der Waals surface area contributed by atoms with Crippen molar-refractivity contribution in [3.05, 3.63) is 23.2 Å². The second-order valence-electron chi connectivity index (χ2n) is 5.34. The third kappa shape index (κ3) is 4.88. The molecule has 0 saturated carbocycles. The van der Waals surface area contributed by atoms with Crippen LogP contribution in [0, 0.1) is 0 Å². The number of nitrogens with two attached hydrogens (primary N) is 1. The molecule has 21 heavy (non-hydrogen) atoms. The number of hydrogen-bond donors (Lipinski definition) is 2. The molecule has 1 aromatic carbocycles. The van der Waals surface area contributed by atoms with Crippen LogP contribution in [0.15, 0.2) is 18.2 Å². The molecule has 5 nitrogen and oxygen atoms in total. The number of carbonyl (C=O) groups is 1. The molecule has 0 aromatic heterocycles. The molecule has 1 amide bonds. The highest BCUT2D eigenvalue weighted by Crippen LogP contribution is 2.22. The number of amides is 1. The first-order valence-corrected chi connectivity index (χ1v) is 7.60. The Morgan fingerprint density at radius 1 is 1.57 bits per heavy atom. The van der Waals surface area contributed by atoms with Crippen molar-refractivity contribution in [1.29, 1.82) is 0 Å². The third-order valence-electron chi connectivity index (χ3n) is 3.64. The van der Waals surface area contributed by atoms with Crippen molar-refractivity contribution in [2.75, 3.05) is 37.4 Å². The van der Waals surface area contributed by atoms with Crippen molar-refractivity contribution in [3.63, 3.8) is 0 Å². The zero-order valence-electron chi connectivity index (χ0n) is 12.3. The van der Waals surface area contributed by atoms with Crippen LogP contribution in [0.2, 0.25) is 5.02 Å². The van der Waals surface area contributed by atoms with E-state index in [1.165, 1.54) is 0 Å². The Hall–Kier alpha value is -1.30. The van der Waals surface area contributed by atoms with Crippen molar-refractivity contribution in [2.24, 2.45) is 0 Å². The van der Waals surface area contributed by atoms with Crippen molar-refractivity contribution >= 4 is 28.9 Å². The van der Waals surface area contributed by atoms with E-state index in [1.54, 1.807) is 18.2 Å². The molecule has 0 bridgehead atoms. The molecule has 6 heteroatoms. The number of benzene rings is 1. The number of morpholine rings is 1. The van der Waals surface area contributed by atoms with E-state index in [9.17, 15) is 4.79 Å². The molecule has 2 rings (SSSR count). The largest absolute Gasteiger partial charge is 0.397 e. The third-order valence-corrected chi connectivity index (χ3v) is 3.88. The van der Waals surface area contributed by atoms with Crippen molar-refractivity contribution in [1.82, 2.24) is 4.90 Å². The number of hydrogen-bond acceptors (Lipinski definition) is 4. The lowest BCUT2D eigenvalue weighted by atomic mass is 10.2. The molecule has 1 fully saturated rings. The smallest absolute Gasteiger partial charge is 0.224 e. The number of nitrogens with zero attached hydrogens (tertiary/aromatic N) is 1. The molecule has 1 aliphatic rings. The van der Waals surface area contributed by atoms with Crippen LogP contribution in [0.5, 0.6) is 0 Å². The van der Waals surface area contributed by atoms with Gasteiger partial charge in [0.25, 0.3) is 0 Å². The lowest BCUT2D eigenvalue weighted by molar-refractivity contribution is -0.116. The molecule has 1 atom stereocenters. The number of nitrogen functional groups attached to an aromatic ring is 1.